The van der Waals surface area contributed by atoms with Crippen LogP contribution in [0.2, 0.25) is 0 Å². The van der Waals surface area contributed by atoms with Gasteiger partial charge in [0.1, 0.15) is 5.82 Å². The zero-order valence-electron chi connectivity index (χ0n) is 16.2. The van der Waals surface area contributed by atoms with Crippen molar-refractivity contribution < 1.29 is 13.7 Å². The minimum atomic E-state index is -0.514. The molecule has 1 atom stereocenters. The number of urea groups is 1. The number of hydrogen-bond donors (Lipinski definition) is 1. The molecule has 0 radical (unpaired) electrons. The molecule has 4 rings (SSSR count). The van der Waals surface area contributed by atoms with Crippen molar-refractivity contribution in [2.24, 2.45) is 0 Å². The van der Waals surface area contributed by atoms with Gasteiger partial charge in [0.05, 0.1) is 11.6 Å². The van der Waals surface area contributed by atoms with E-state index < -0.39 is 6.04 Å². The Hall–Kier alpha value is -3.48. The lowest BCUT2D eigenvalue weighted by Crippen LogP contribution is -2.46. The van der Waals surface area contributed by atoms with E-state index in [2.05, 4.69) is 15.5 Å². The Morgan fingerprint density at radius 1 is 1.14 bits per heavy atom. The molecular formula is C22H21FN4O2. The van der Waals surface area contributed by atoms with Gasteiger partial charge in [-0.05, 0) is 31.0 Å². The second-order valence-electron chi connectivity index (χ2n) is 6.87. The van der Waals surface area contributed by atoms with Crippen LogP contribution in [0.3, 0.4) is 0 Å². The number of allylic oxidation sites excluding steroid dienone is 1. The van der Waals surface area contributed by atoms with Gasteiger partial charge in [0.25, 0.3) is 5.89 Å². The van der Waals surface area contributed by atoms with Crippen LogP contribution in [0, 0.1) is 5.82 Å². The first-order chi connectivity index (χ1) is 14.1. The summed E-state index contributed by atoms with van der Waals surface area (Å²) >= 11 is 0. The molecule has 2 amide bonds. The van der Waals surface area contributed by atoms with Crippen molar-refractivity contribution in [2.75, 3.05) is 6.54 Å². The summed E-state index contributed by atoms with van der Waals surface area (Å²) in [6.45, 7) is 4.44. The normalized spacial score (nSPS) is 16.9. The molecule has 7 heteroatoms. The van der Waals surface area contributed by atoms with Crippen LogP contribution in [0.25, 0.3) is 17.0 Å². The van der Waals surface area contributed by atoms with E-state index in [0.29, 0.717) is 23.8 Å². The number of benzene rings is 2. The van der Waals surface area contributed by atoms with Crippen LogP contribution in [-0.4, -0.2) is 27.6 Å². The minimum Gasteiger partial charge on any atom is -0.334 e. The van der Waals surface area contributed by atoms with Gasteiger partial charge in [-0.25, -0.2) is 9.18 Å². The SMILES string of the molecule is CCCN1C(=O)NC(c2ccc(F)cc2)C(c2nc(-c3ccccc3)no2)=C1C. The predicted molar refractivity (Wildman–Crippen MR) is 107 cm³/mol. The molecule has 0 spiro atoms. The molecule has 6 nitrogen and oxygen atoms in total. The molecule has 2 heterocycles. The van der Waals surface area contributed by atoms with E-state index in [1.807, 2.05) is 44.2 Å². The lowest BCUT2D eigenvalue weighted by Gasteiger charge is -2.35. The van der Waals surface area contributed by atoms with Crippen molar-refractivity contribution in [3.05, 3.63) is 77.6 Å². The first-order valence-electron chi connectivity index (χ1n) is 9.52. The lowest BCUT2D eigenvalue weighted by atomic mass is 9.94. The van der Waals surface area contributed by atoms with Crippen LogP contribution < -0.4 is 5.32 Å². The van der Waals surface area contributed by atoms with Crippen LogP contribution in [0.5, 0.6) is 0 Å². The van der Waals surface area contributed by atoms with Crippen molar-refractivity contribution in [3.63, 3.8) is 0 Å². The maximum absolute atomic E-state index is 13.4. The Kier molecular flexibility index (Phi) is 5.12. The average molecular weight is 392 g/mol. The van der Waals surface area contributed by atoms with Crippen LogP contribution in [0.15, 0.2) is 64.8 Å². The van der Waals surface area contributed by atoms with E-state index in [1.54, 1.807) is 17.0 Å². The first-order valence-corrected chi connectivity index (χ1v) is 9.52. The van der Waals surface area contributed by atoms with Crippen molar-refractivity contribution in [1.29, 1.82) is 0 Å². The quantitative estimate of drug-likeness (QED) is 0.678. The summed E-state index contributed by atoms with van der Waals surface area (Å²) in [5.41, 5.74) is 3.03. The molecule has 29 heavy (non-hydrogen) atoms. The molecule has 148 valence electrons. The third kappa shape index (κ3) is 3.63. The van der Waals surface area contributed by atoms with Gasteiger partial charge in [-0.3, -0.25) is 4.90 Å². The number of carbonyl (C=O) groups is 1. The molecule has 1 aliphatic rings. The van der Waals surface area contributed by atoms with Gasteiger partial charge in [-0.15, -0.1) is 0 Å². The van der Waals surface area contributed by atoms with Crippen LogP contribution in [0.1, 0.15) is 37.8 Å². The van der Waals surface area contributed by atoms with E-state index in [1.165, 1.54) is 12.1 Å². The van der Waals surface area contributed by atoms with Crippen molar-refractivity contribution in [2.45, 2.75) is 26.3 Å². The molecule has 0 saturated carbocycles. The summed E-state index contributed by atoms with van der Waals surface area (Å²) in [6, 6.07) is 14.9. The second-order valence-corrected chi connectivity index (χ2v) is 6.87. The van der Waals surface area contributed by atoms with Gasteiger partial charge in [0.15, 0.2) is 0 Å². The molecule has 1 N–H and O–H groups in total. The van der Waals surface area contributed by atoms with Gasteiger partial charge >= 0.3 is 6.03 Å². The number of carbonyl (C=O) groups excluding carboxylic acids is 1. The molecule has 2 aromatic carbocycles. The fourth-order valence-electron chi connectivity index (χ4n) is 3.49. The Balaban J connectivity index is 1.81. The van der Waals surface area contributed by atoms with Crippen molar-refractivity contribution in [3.8, 4) is 11.4 Å². The number of amides is 2. The molecule has 1 unspecified atom stereocenters. The third-order valence-corrected chi connectivity index (χ3v) is 4.94. The Morgan fingerprint density at radius 3 is 2.55 bits per heavy atom. The van der Waals surface area contributed by atoms with Gasteiger partial charge in [0.2, 0.25) is 5.82 Å². The highest BCUT2D eigenvalue weighted by atomic mass is 19.1. The Morgan fingerprint density at radius 2 is 1.86 bits per heavy atom. The molecule has 3 aromatic rings. The molecule has 0 bridgehead atoms. The summed E-state index contributed by atoms with van der Waals surface area (Å²) < 4.78 is 19.0. The van der Waals surface area contributed by atoms with Crippen LogP contribution in [0.4, 0.5) is 9.18 Å². The first kappa shape index (κ1) is 18.9. The molecular weight excluding hydrogens is 371 g/mol. The highest BCUT2D eigenvalue weighted by molar-refractivity contribution is 5.86. The molecule has 0 fully saturated rings. The van der Waals surface area contributed by atoms with E-state index in [9.17, 15) is 9.18 Å². The standard InChI is InChI=1S/C22H21FN4O2/c1-3-13-27-14(2)18(19(24-22(27)28)15-9-11-17(23)12-10-15)21-25-20(26-29-21)16-7-5-4-6-8-16/h4-12,19H,3,13H2,1-2H3,(H,24,28). The number of aromatic nitrogens is 2. The second kappa shape index (κ2) is 7.87. The molecule has 0 saturated heterocycles. The van der Waals surface area contributed by atoms with E-state index >= 15 is 0 Å². The smallest absolute Gasteiger partial charge is 0.322 e. The third-order valence-electron chi connectivity index (χ3n) is 4.94. The molecule has 1 aromatic heterocycles. The summed E-state index contributed by atoms with van der Waals surface area (Å²) in [7, 11) is 0. The predicted octanol–water partition coefficient (Wildman–Crippen LogP) is 4.78. The van der Waals surface area contributed by atoms with Gasteiger partial charge in [0, 0.05) is 17.8 Å². The van der Waals surface area contributed by atoms with E-state index in [0.717, 1.165) is 23.2 Å². The minimum absolute atomic E-state index is 0.203. The maximum Gasteiger partial charge on any atom is 0.322 e. The fourth-order valence-corrected chi connectivity index (χ4v) is 3.49. The van der Waals surface area contributed by atoms with Crippen molar-refractivity contribution >= 4 is 11.6 Å². The summed E-state index contributed by atoms with van der Waals surface area (Å²) in [5.74, 6) is 0.462. The highest BCUT2D eigenvalue weighted by Gasteiger charge is 2.35. The maximum atomic E-state index is 13.4. The van der Waals surface area contributed by atoms with Gasteiger partial charge in [-0.1, -0.05) is 54.5 Å². The number of nitrogens with zero attached hydrogens (tertiary/aromatic N) is 3. The van der Waals surface area contributed by atoms with Crippen molar-refractivity contribution in [1.82, 2.24) is 20.4 Å². The summed E-state index contributed by atoms with van der Waals surface area (Å²) in [4.78, 5) is 18.9. The lowest BCUT2D eigenvalue weighted by molar-refractivity contribution is 0.205. The zero-order valence-corrected chi connectivity index (χ0v) is 16.2. The monoisotopic (exact) mass is 392 g/mol. The summed E-state index contributed by atoms with van der Waals surface area (Å²) in [6.07, 6.45) is 0.804. The van der Waals surface area contributed by atoms with Crippen LogP contribution in [-0.2, 0) is 0 Å². The van der Waals surface area contributed by atoms with Gasteiger partial charge < -0.3 is 9.84 Å². The zero-order chi connectivity index (χ0) is 20.4. The molecule has 0 aliphatic carbocycles. The summed E-state index contributed by atoms with van der Waals surface area (Å²) in [5, 5.41) is 7.11. The van der Waals surface area contributed by atoms with Gasteiger partial charge in [-0.2, -0.15) is 4.98 Å². The average Bonchev–Trinajstić information content (AvgIpc) is 3.22. The Bertz CT molecular complexity index is 1040. The number of rotatable bonds is 5. The fraction of sp³-hybridized carbons (Fsp3) is 0.227. The van der Waals surface area contributed by atoms with E-state index in [4.69, 9.17) is 4.52 Å². The number of halogens is 1. The highest BCUT2D eigenvalue weighted by Crippen LogP contribution is 2.37. The molecule has 1 aliphatic heterocycles. The number of hydrogen-bond acceptors (Lipinski definition) is 4. The van der Waals surface area contributed by atoms with E-state index in [-0.39, 0.29) is 11.8 Å². The Labute approximate surface area is 168 Å². The number of nitrogens with one attached hydrogen (secondary N) is 1. The van der Waals surface area contributed by atoms with Crippen LogP contribution >= 0.6 is 0 Å². The largest absolute Gasteiger partial charge is 0.334 e. The topological polar surface area (TPSA) is 71.3 Å².